The lowest BCUT2D eigenvalue weighted by molar-refractivity contribution is -0.134. The third-order valence-electron chi connectivity index (χ3n) is 5.23. The first-order chi connectivity index (χ1) is 11.5. The topological polar surface area (TPSA) is 61.9 Å². The van der Waals surface area contributed by atoms with Gasteiger partial charge in [0, 0.05) is 20.6 Å². The van der Waals surface area contributed by atoms with Crippen LogP contribution >= 0.6 is 0 Å². The molecule has 1 aliphatic heterocycles. The molecule has 0 aromatic rings. The van der Waals surface area contributed by atoms with Crippen LogP contribution in [0.25, 0.3) is 0 Å². The molecule has 2 rings (SSSR count). The van der Waals surface area contributed by atoms with Crippen molar-refractivity contribution in [3.63, 3.8) is 0 Å². The van der Waals surface area contributed by atoms with E-state index >= 15 is 0 Å². The lowest BCUT2D eigenvalue weighted by atomic mass is 9.88. The van der Waals surface area contributed by atoms with Crippen molar-refractivity contribution in [3.8, 4) is 0 Å². The van der Waals surface area contributed by atoms with Crippen molar-refractivity contribution in [1.29, 1.82) is 0 Å². The van der Waals surface area contributed by atoms with Gasteiger partial charge >= 0.3 is 0 Å². The second-order valence-electron chi connectivity index (χ2n) is 7.38. The number of nitrogens with zero attached hydrogens (tertiary/aromatic N) is 2. The second-order valence-corrected chi connectivity index (χ2v) is 7.38. The van der Waals surface area contributed by atoms with Gasteiger partial charge in [-0.15, -0.1) is 0 Å². The first-order valence-electron chi connectivity index (χ1n) is 9.32. The zero-order valence-electron chi connectivity index (χ0n) is 15.4. The van der Waals surface area contributed by atoms with Crippen LogP contribution < -0.4 is 5.32 Å². The SMILES string of the molecule is CC1CCCCC1OCCNC(=O)CN1CCCC1C(=O)N(C)C. The van der Waals surface area contributed by atoms with Crippen LogP contribution in [0.15, 0.2) is 0 Å². The van der Waals surface area contributed by atoms with E-state index in [0.29, 0.717) is 31.7 Å². The molecule has 6 heteroatoms. The molecule has 1 N–H and O–H groups in total. The van der Waals surface area contributed by atoms with Crippen LogP contribution in [0.5, 0.6) is 0 Å². The van der Waals surface area contributed by atoms with Crippen molar-refractivity contribution in [3.05, 3.63) is 0 Å². The van der Waals surface area contributed by atoms with Crippen molar-refractivity contribution in [2.75, 3.05) is 40.3 Å². The molecule has 1 saturated heterocycles. The number of hydrogen-bond donors (Lipinski definition) is 1. The third-order valence-corrected chi connectivity index (χ3v) is 5.23. The van der Waals surface area contributed by atoms with Crippen molar-refractivity contribution in [1.82, 2.24) is 15.1 Å². The Bertz CT molecular complexity index is 428. The van der Waals surface area contributed by atoms with Crippen LogP contribution in [0, 0.1) is 5.92 Å². The molecule has 3 atom stereocenters. The van der Waals surface area contributed by atoms with Gasteiger partial charge in [0.1, 0.15) is 0 Å². The van der Waals surface area contributed by atoms with Gasteiger partial charge in [0.25, 0.3) is 0 Å². The molecular formula is C18H33N3O3. The van der Waals surface area contributed by atoms with Crippen molar-refractivity contribution < 1.29 is 14.3 Å². The fourth-order valence-electron chi connectivity index (χ4n) is 3.76. The maximum absolute atomic E-state index is 12.1. The van der Waals surface area contributed by atoms with Gasteiger partial charge in [-0.1, -0.05) is 19.8 Å². The minimum atomic E-state index is -0.148. The van der Waals surface area contributed by atoms with E-state index < -0.39 is 0 Å². The number of carbonyl (C=O) groups excluding carboxylic acids is 2. The lowest BCUT2D eigenvalue weighted by Gasteiger charge is -2.29. The summed E-state index contributed by atoms with van der Waals surface area (Å²) in [7, 11) is 3.53. The summed E-state index contributed by atoms with van der Waals surface area (Å²) in [4.78, 5) is 27.9. The van der Waals surface area contributed by atoms with E-state index in [1.165, 1.54) is 19.3 Å². The average Bonchev–Trinajstić information content (AvgIpc) is 3.00. The van der Waals surface area contributed by atoms with Crippen LogP contribution in [0.2, 0.25) is 0 Å². The van der Waals surface area contributed by atoms with Gasteiger partial charge in [0.2, 0.25) is 11.8 Å². The van der Waals surface area contributed by atoms with Gasteiger partial charge in [0.05, 0.1) is 25.3 Å². The number of hydrogen-bond acceptors (Lipinski definition) is 4. The third kappa shape index (κ3) is 5.45. The summed E-state index contributed by atoms with van der Waals surface area (Å²) in [6, 6.07) is -0.148. The maximum atomic E-state index is 12.1. The number of likely N-dealkylation sites (N-methyl/N-ethyl adjacent to an activating group) is 1. The van der Waals surface area contributed by atoms with E-state index in [1.807, 2.05) is 4.90 Å². The first-order valence-corrected chi connectivity index (χ1v) is 9.32. The highest BCUT2D eigenvalue weighted by Gasteiger charge is 2.32. The largest absolute Gasteiger partial charge is 0.376 e. The fraction of sp³-hybridized carbons (Fsp3) is 0.889. The number of ether oxygens (including phenoxy) is 1. The van der Waals surface area contributed by atoms with Gasteiger partial charge in [-0.3, -0.25) is 14.5 Å². The predicted molar refractivity (Wildman–Crippen MR) is 93.7 cm³/mol. The van der Waals surface area contributed by atoms with Gasteiger partial charge in [-0.05, 0) is 38.1 Å². The Kier molecular flexibility index (Phi) is 7.49. The Hall–Kier alpha value is -1.14. The fourth-order valence-corrected chi connectivity index (χ4v) is 3.76. The molecule has 2 aliphatic rings. The molecule has 0 radical (unpaired) electrons. The maximum Gasteiger partial charge on any atom is 0.239 e. The van der Waals surface area contributed by atoms with E-state index in [0.717, 1.165) is 25.8 Å². The lowest BCUT2D eigenvalue weighted by Crippen LogP contribution is -2.47. The van der Waals surface area contributed by atoms with Crippen LogP contribution in [0.1, 0.15) is 45.4 Å². The molecule has 2 amide bonds. The minimum Gasteiger partial charge on any atom is -0.376 e. The average molecular weight is 339 g/mol. The number of rotatable bonds is 7. The molecular weight excluding hydrogens is 306 g/mol. The van der Waals surface area contributed by atoms with Gasteiger partial charge < -0.3 is 15.0 Å². The van der Waals surface area contributed by atoms with Crippen LogP contribution in [0.4, 0.5) is 0 Å². The molecule has 2 fully saturated rings. The van der Waals surface area contributed by atoms with Crippen LogP contribution in [-0.2, 0) is 14.3 Å². The highest BCUT2D eigenvalue weighted by molar-refractivity contribution is 5.83. The molecule has 3 unspecified atom stereocenters. The van der Waals surface area contributed by atoms with Crippen LogP contribution in [0.3, 0.4) is 0 Å². The smallest absolute Gasteiger partial charge is 0.239 e. The summed E-state index contributed by atoms with van der Waals surface area (Å²) in [5, 5.41) is 2.92. The molecule has 0 aromatic carbocycles. The van der Waals surface area contributed by atoms with E-state index in [9.17, 15) is 9.59 Å². The zero-order chi connectivity index (χ0) is 17.5. The summed E-state index contributed by atoms with van der Waals surface area (Å²) < 4.78 is 5.92. The Balaban J connectivity index is 1.65. The number of likely N-dealkylation sites (tertiary alicyclic amines) is 1. The van der Waals surface area contributed by atoms with Crippen molar-refractivity contribution in [2.45, 2.75) is 57.6 Å². The van der Waals surface area contributed by atoms with Crippen molar-refractivity contribution >= 4 is 11.8 Å². The Morgan fingerprint density at radius 3 is 2.62 bits per heavy atom. The molecule has 0 aromatic heterocycles. The van der Waals surface area contributed by atoms with E-state index in [2.05, 4.69) is 12.2 Å². The molecule has 1 saturated carbocycles. The zero-order valence-corrected chi connectivity index (χ0v) is 15.4. The summed E-state index contributed by atoms with van der Waals surface area (Å²) >= 11 is 0. The summed E-state index contributed by atoms with van der Waals surface area (Å²) in [6.45, 7) is 4.47. The predicted octanol–water partition coefficient (Wildman–Crippen LogP) is 1.25. The monoisotopic (exact) mass is 339 g/mol. The number of carbonyl (C=O) groups is 2. The molecule has 24 heavy (non-hydrogen) atoms. The highest BCUT2D eigenvalue weighted by atomic mass is 16.5. The first kappa shape index (κ1) is 19.2. The van der Waals surface area contributed by atoms with Gasteiger partial charge in [-0.2, -0.15) is 0 Å². The van der Waals surface area contributed by atoms with Gasteiger partial charge in [0.15, 0.2) is 0 Å². The minimum absolute atomic E-state index is 0.0197. The highest BCUT2D eigenvalue weighted by Crippen LogP contribution is 2.26. The molecule has 1 heterocycles. The molecule has 0 bridgehead atoms. The Labute approximate surface area is 145 Å². The molecule has 0 spiro atoms. The summed E-state index contributed by atoms with van der Waals surface area (Å²) in [5.41, 5.74) is 0. The number of amides is 2. The van der Waals surface area contributed by atoms with Crippen molar-refractivity contribution in [2.24, 2.45) is 5.92 Å². The standard InChI is InChI=1S/C18H33N3O3/c1-14-7-4-5-9-16(14)24-12-10-19-17(22)13-21-11-6-8-15(21)18(23)20(2)3/h14-16H,4-13H2,1-3H3,(H,19,22). The van der Waals surface area contributed by atoms with Crippen LogP contribution in [-0.4, -0.2) is 74.1 Å². The molecule has 138 valence electrons. The van der Waals surface area contributed by atoms with E-state index in [1.54, 1.807) is 19.0 Å². The van der Waals surface area contributed by atoms with Gasteiger partial charge in [-0.25, -0.2) is 0 Å². The van der Waals surface area contributed by atoms with E-state index in [-0.39, 0.29) is 17.9 Å². The Morgan fingerprint density at radius 2 is 1.92 bits per heavy atom. The molecule has 6 nitrogen and oxygen atoms in total. The van der Waals surface area contributed by atoms with E-state index in [4.69, 9.17) is 4.74 Å². The normalized spacial score (nSPS) is 27.9. The summed E-state index contributed by atoms with van der Waals surface area (Å²) in [5.74, 6) is 0.695. The number of nitrogens with one attached hydrogen (secondary N) is 1. The summed E-state index contributed by atoms with van der Waals surface area (Å²) in [6.07, 6.45) is 7.09. The quantitative estimate of drug-likeness (QED) is 0.709. The molecule has 1 aliphatic carbocycles. The second kappa shape index (κ2) is 9.37. The Morgan fingerprint density at radius 1 is 1.17 bits per heavy atom.